The first-order chi connectivity index (χ1) is 12.2. The zero-order valence-corrected chi connectivity index (χ0v) is 14.5. The summed E-state index contributed by atoms with van der Waals surface area (Å²) in [5.41, 5.74) is 2.10. The summed E-state index contributed by atoms with van der Waals surface area (Å²) < 4.78 is 0. The van der Waals surface area contributed by atoms with Crippen LogP contribution in [-0.2, 0) is 16.1 Å². The van der Waals surface area contributed by atoms with Crippen LogP contribution in [0.1, 0.15) is 36.8 Å². The predicted octanol–water partition coefficient (Wildman–Crippen LogP) is 3.10. The average molecular weight is 336 g/mol. The number of benzene rings is 2. The molecule has 1 N–H and O–H groups in total. The number of hydrogen-bond donors (Lipinski definition) is 1. The van der Waals surface area contributed by atoms with Gasteiger partial charge >= 0.3 is 0 Å². The van der Waals surface area contributed by atoms with E-state index >= 15 is 0 Å². The highest BCUT2D eigenvalue weighted by molar-refractivity contribution is 5.91. The zero-order chi connectivity index (χ0) is 17.6. The number of likely N-dealkylation sites (tertiary alicyclic amines) is 1. The Morgan fingerprint density at radius 3 is 2.40 bits per heavy atom. The molecule has 0 bridgehead atoms. The molecule has 2 atom stereocenters. The Hall–Kier alpha value is -2.62. The average Bonchev–Trinajstić information content (AvgIpc) is 2.97. The van der Waals surface area contributed by atoms with Crippen LogP contribution in [0.2, 0.25) is 0 Å². The van der Waals surface area contributed by atoms with Gasteiger partial charge in [-0.2, -0.15) is 0 Å². The Morgan fingerprint density at radius 2 is 1.76 bits per heavy atom. The van der Waals surface area contributed by atoms with Crippen molar-refractivity contribution in [3.8, 4) is 0 Å². The fraction of sp³-hybridized carbons (Fsp3) is 0.333. The smallest absolute Gasteiger partial charge is 0.245 e. The van der Waals surface area contributed by atoms with Crippen LogP contribution in [-0.4, -0.2) is 29.3 Å². The van der Waals surface area contributed by atoms with Crippen LogP contribution >= 0.6 is 0 Å². The second kappa shape index (κ2) is 7.97. The van der Waals surface area contributed by atoms with Gasteiger partial charge in [-0.25, -0.2) is 0 Å². The van der Waals surface area contributed by atoms with Gasteiger partial charge in [0.25, 0.3) is 0 Å². The standard InChI is InChI=1S/C21H24N2O2/c1-2-18(17-11-7-4-8-12-17)20(24)22-19-13-14-23(21(19)25)15-16-9-5-3-6-10-16/h3-12,18-19H,2,13-15H2,1H3,(H,22,24). The summed E-state index contributed by atoms with van der Waals surface area (Å²) in [6, 6.07) is 19.3. The molecule has 0 spiro atoms. The number of carbonyl (C=O) groups is 2. The summed E-state index contributed by atoms with van der Waals surface area (Å²) in [4.78, 5) is 27.1. The molecule has 130 valence electrons. The van der Waals surface area contributed by atoms with Crippen LogP contribution < -0.4 is 5.32 Å². The molecule has 1 aliphatic rings. The quantitative estimate of drug-likeness (QED) is 0.881. The van der Waals surface area contributed by atoms with Gasteiger partial charge in [-0.1, -0.05) is 67.6 Å². The number of hydrogen-bond acceptors (Lipinski definition) is 2. The Labute approximate surface area is 148 Å². The third kappa shape index (κ3) is 4.08. The molecule has 1 saturated heterocycles. The van der Waals surface area contributed by atoms with E-state index in [2.05, 4.69) is 5.32 Å². The first-order valence-corrected chi connectivity index (χ1v) is 8.87. The molecule has 1 aliphatic heterocycles. The Kier molecular flexibility index (Phi) is 5.49. The van der Waals surface area contributed by atoms with Gasteiger partial charge in [-0.15, -0.1) is 0 Å². The molecule has 25 heavy (non-hydrogen) atoms. The molecular weight excluding hydrogens is 312 g/mol. The van der Waals surface area contributed by atoms with Crippen molar-refractivity contribution < 1.29 is 9.59 Å². The van der Waals surface area contributed by atoms with E-state index < -0.39 is 6.04 Å². The highest BCUT2D eigenvalue weighted by Gasteiger charge is 2.34. The topological polar surface area (TPSA) is 49.4 Å². The molecule has 2 amide bonds. The molecule has 2 aromatic rings. The molecule has 3 rings (SSSR count). The van der Waals surface area contributed by atoms with Crippen molar-refractivity contribution in [3.63, 3.8) is 0 Å². The van der Waals surface area contributed by atoms with Crippen molar-refractivity contribution >= 4 is 11.8 Å². The molecule has 1 fully saturated rings. The number of nitrogens with one attached hydrogen (secondary N) is 1. The van der Waals surface area contributed by atoms with E-state index in [1.165, 1.54) is 0 Å². The Morgan fingerprint density at radius 1 is 1.12 bits per heavy atom. The molecule has 1 heterocycles. The van der Waals surface area contributed by atoms with Gasteiger partial charge in [0.2, 0.25) is 11.8 Å². The highest BCUT2D eigenvalue weighted by atomic mass is 16.2. The van der Waals surface area contributed by atoms with Crippen molar-refractivity contribution in [2.75, 3.05) is 6.54 Å². The minimum Gasteiger partial charge on any atom is -0.344 e. The van der Waals surface area contributed by atoms with Crippen LogP contribution in [0.15, 0.2) is 60.7 Å². The minimum absolute atomic E-state index is 0.0140. The third-order valence-corrected chi connectivity index (χ3v) is 4.76. The van der Waals surface area contributed by atoms with Gasteiger partial charge < -0.3 is 10.2 Å². The predicted molar refractivity (Wildman–Crippen MR) is 97.9 cm³/mol. The first-order valence-electron chi connectivity index (χ1n) is 8.87. The number of nitrogens with zero attached hydrogens (tertiary/aromatic N) is 1. The molecule has 2 unspecified atom stereocenters. The SMILES string of the molecule is CCC(C(=O)NC1CCN(Cc2ccccc2)C1=O)c1ccccc1. The maximum atomic E-state index is 12.7. The first kappa shape index (κ1) is 17.2. The van der Waals surface area contributed by atoms with E-state index in [0.29, 0.717) is 25.9 Å². The van der Waals surface area contributed by atoms with Crippen molar-refractivity contribution in [3.05, 3.63) is 71.8 Å². The molecule has 0 aliphatic carbocycles. The Bertz CT molecular complexity index is 715. The van der Waals surface area contributed by atoms with E-state index in [0.717, 1.165) is 11.1 Å². The van der Waals surface area contributed by atoms with Crippen LogP contribution in [0.4, 0.5) is 0 Å². The summed E-state index contributed by atoms with van der Waals surface area (Å²) in [7, 11) is 0. The van der Waals surface area contributed by atoms with Crippen molar-refractivity contribution in [2.45, 2.75) is 38.3 Å². The summed E-state index contributed by atoms with van der Waals surface area (Å²) in [6.07, 6.45) is 1.38. The number of rotatable bonds is 6. The lowest BCUT2D eigenvalue weighted by Crippen LogP contribution is -2.43. The zero-order valence-electron chi connectivity index (χ0n) is 14.5. The monoisotopic (exact) mass is 336 g/mol. The molecule has 4 heteroatoms. The molecule has 0 aromatic heterocycles. The second-order valence-electron chi connectivity index (χ2n) is 6.47. The van der Waals surface area contributed by atoms with E-state index in [4.69, 9.17) is 0 Å². The van der Waals surface area contributed by atoms with Crippen molar-refractivity contribution in [1.82, 2.24) is 10.2 Å². The maximum Gasteiger partial charge on any atom is 0.245 e. The van der Waals surface area contributed by atoms with E-state index in [1.54, 1.807) is 0 Å². The molecule has 2 aromatic carbocycles. The lowest BCUT2D eigenvalue weighted by Gasteiger charge is -2.20. The molecule has 0 saturated carbocycles. The lowest BCUT2D eigenvalue weighted by molar-refractivity contribution is -0.133. The largest absolute Gasteiger partial charge is 0.344 e. The summed E-state index contributed by atoms with van der Waals surface area (Å²) in [5, 5.41) is 2.96. The molecular formula is C21H24N2O2. The van der Waals surface area contributed by atoms with E-state index in [9.17, 15) is 9.59 Å². The fourth-order valence-corrected chi connectivity index (χ4v) is 3.36. The van der Waals surface area contributed by atoms with E-state index in [-0.39, 0.29) is 17.7 Å². The van der Waals surface area contributed by atoms with Gasteiger partial charge in [0.15, 0.2) is 0 Å². The number of amides is 2. The van der Waals surface area contributed by atoms with Crippen LogP contribution in [0.25, 0.3) is 0 Å². The van der Waals surface area contributed by atoms with Crippen molar-refractivity contribution in [1.29, 1.82) is 0 Å². The molecule has 4 nitrogen and oxygen atoms in total. The highest BCUT2D eigenvalue weighted by Crippen LogP contribution is 2.21. The second-order valence-corrected chi connectivity index (χ2v) is 6.47. The summed E-state index contributed by atoms with van der Waals surface area (Å²) in [6.45, 7) is 3.28. The Balaban J connectivity index is 1.61. The van der Waals surface area contributed by atoms with Crippen LogP contribution in [0, 0.1) is 0 Å². The van der Waals surface area contributed by atoms with Crippen LogP contribution in [0.5, 0.6) is 0 Å². The fourth-order valence-electron chi connectivity index (χ4n) is 3.36. The van der Waals surface area contributed by atoms with E-state index in [1.807, 2.05) is 72.5 Å². The van der Waals surface area contributed by atoms with Gasteiger partial charge in [0, 0.05) is 13.1 Å². The normalized spacial score (nSPS) is 18.2. The van der Waals surface area contributed by atoms with Crippen molar-refractivity contribution in [2.24, 2.45) is 0 Å². The lowest BCUT2D eigenvalue weighted by atomic mass is 9.95. The summed E-state index contributed by atoms with van der Waals surface area (Å²) in [5.74, 6) is -0.258. The van der Waals surface area contributed by atoms with Gasteiger partial charge in [-0.3, -0.25) is 9.59 Å². The molecule has 0 radical (unpaired) electrons. The van der Waals surface area contributed by atoms with Gasteiger partial charge in [0.05, 0.1) is 5.92 Å². The third-order valence-electron chi connectivity index (χ3n) is 4.76. The number of carbonyl (C=O) groups excluding carboxylic acids is 2. The van der Waals surface area contributed by atoms with Gasteiger partial charge in [0.1, 0.15) is 6.04 Å². The maximum absolute atomic E-state index is 12.7. The van der Waals surface area contributed by atoms with Gasteiger partial charge in [-0.05, 0) is 24.0 Å². The van der Waals surface area contributed by atoms with Crippen LogP contribution in [0.3, 0.4) is 0 Å². The summed E-state index contributed by atoms with van der Waals surface area (Å²) >= 11 is 0. The minimum atomic E-state index is -0.408.